The molecule has 1 aliphatic carbocycles. The van der Waals surface area contributed by atoms with Gasteiger partial charge in [0.2, 0.25) is 5.91 Å². The molecule has 106 valence electrons. The van der Waals surface area contributed by atoms with Crippen molar-refractivity contribution in [2.45, 2.75) is 12.8 Å². The van der Waals surface area contributed by atoms with E-state index >= 15 is 0 Å². The molecule has 1 aliphatic rings. The maximum atomic E-state index is 12.3. The highest BCUT2D eigenvalue weighted by atomic mass is 16.4. The number of amides is 1. The van der Waals surface area contributed by atoms with Crippen LogP contribution < -0.4 is 5.32 Å². The molecule has 1 aromatic heterocycles. The van der Waals surface area contributed by atoms with Crippen molar-refractivity contribution in [3.8, 4) is 0 Å². The predicted molar refractivity (Wildman–Crippen MR) is 77.2 cm³/mol. The van der Waals surface area contributed by atoms with Crippen LogP contribution in [-0.2, 0) is 17.6 Å². The minimum Gasteiger partial charge on any atom is -0.478 e. The zero-order valence-corrected chi connectivity index (χ0v) is 11.2. The SMILES string of the molecule is O=C(O)c1ccncc1NC(=O)C1Cc2ccccc2C1. The fourth-order valence-corrected chi connectivity index (χ4v) is 2.66. The molecule has 2 aromatic rings. The third-order valence-corrected chi connectivity index (χ3v) is 3.73. The molecular weight excluding hydrogens is 268 g/mol. The fourth-order valence-electron chi connectivity index (χ4n) is 2.66. The van der Waals surface area contributed by atoms with Gasteiger partial charge in [-0.2, -0.15) is 0 Å². The lowest BCUT2D eigenvalue weighted by molar-refractivity contribution is -0.119. The normalized spacial score (nSPS) is 13.7. The summed E-state index contributed by atoms with van der Waals surface area (Å²) in [4.78, 5) is 27.3. The maximum absolute atomic E-state index is 12.3. The zero-order valence-electron chi connectivity index (χ0n) is 11.2. The number of carbonyl (C=O) groups excluding carboxylic acids is 1. The lowest BCUT2D eigenvalue weighted by atomic mass is 10.1. The van der Waals surface area contributed by atoms with E-state index in [4.69, 9.17) is 5.11 Å². The van der Waals surface area contributed by atoms with Gasteiger partial charge in [-0.3, -0.25) is 9.78 Å². The molecule has 5 nitrogen and oxygen atoms in total. The molecule has 21 heavy (non-hydrogen) atoms. The first-order chi connectivity index (χ1) is 10.1. The summed E-state index contributed by atoms with van der Waals surface area (Å²) in [5, 5.41) is 11.8. The average Bonchev–Trinajstić information content (AvgIpc) is 2.91. The number of aromatic carboxylic acids is 1. The van der Waals surface area contributed by atoms with Crippen LogP contribution in [0.2, 0.25) is 0 Å². The van der Waals surface area contributed by atoms with Crippen molar-refractivity contribution in [3.63, 3.8) is 0 Å². The highest BCUT2D eigenvalue weighted by molar-refractivity contribution is 6.01. The summed E-state index contributed by atoms with van der Waals surface area (Å²) in [6.45, 7) is 0. The molecule has 1 amide bonds. The number of benzene rings is 1. The first kappa shape index (κ1) is 13.3. The molecule has 2 N–H and O–H groups in total. The van der Waals surface area contributed by atoms with E-state index < -0.39 is 5.97 Å². The van der Waals surface area contributed by atoms with Crippen LogP contribution in [0.3, 0.4) is 0 Å². The Morgan fingerprint density at radius 1 is 1.14 bits per heavy atom. The molecule has 0 saturated carbocycles. The number of carbonyl (C=O) groups is 2. The second-order valence-electron chi connectivity index (χ2n) is 5.09. The van der Waals surface area contributed by atoms with E-state index in [1.807, 2.05) is 24.3 Å². The van der Waals surface area contributed by atoms with E-state index in [0.29, 0.717) is 12.8 Å². The second-order valence-corrected chi connectivity index (χ2v) is 5.09. The Labute approximate surface area is 121 Å². The molecule has 0 bridgehead atoms. The van der Waals surface area contributed by atoms with Gasteiger partial charge in [-0.1, -0.05) is 24.3 Å². The number of carboxylic acid groups (broad SMARTS) is 1. The standard InChI is InChI=1S/C16H14N2O3/c19-15(12-7-10-3-1-2-4-11(10)8-12)18-14-9-17-6-5-13(14)16(20)21/h1-6,9,12H,7-8H2,(H,18,19)(H,20,21). The molecule has 0 radical (unpaired) electrons. The number of carboxylic acids is 1. The van der Waals surface area contributed by atoms with Gasteiger partial charge < -0.3 is 10.4 Å². The summed E-state index contributed by atoms with van der Waals surface area (Å²) >= 11 is 0. The van der Waals surface area contributed by atoms with E-state index in [-0.39, 0.29) is 23.1 Å². The van der Waals surface area contributed by atoms with Crippen LogP contribution in [0.1, 0.15) is 21.5 Å². The van der Waals surface area contributed by atoms with Crippen LogP contribution in [0, 0.1) is 5.92 Å². The smallest absolute Gasteiger partial charge is 0.337 e. The van der Waals surface area contributed by atoms with E-state index in [0.717, 1.165) is 0 Å². The largest absolute Gasteiger partial charge is 0.478 e. The average molecular weight is 282 g/mol. The van der Waals surface area contributed by atoms with E-state index in [2.05, 4.69) is 10.3 Å². The molecule has 0 spiro atoms. The Morgan fingerprint density at radius 3 is 2.43 bits per heavy atom. The topological polar surface area (TPSA) is 79.3 Å². The van der Waals surface area contributed by atoms with Crippen molar-refractivity contribution in [2.24, 2.45) is 5.92 Å². The summed E-state index contributed by atoms with van der Waals surface area (Å²) in [5.41, 5.74) is 2.66. The van der Waals surface area contributed by atoms with Gasteiger partial charge in [0.15, 0.2) is 0 Å². The lowest BCUT2D eigenvalue weighted by Crippen LogP contribution is -2.24. The summed E-state index contributed by atoms with van der Waals surface area (Å²) in [6.07, 6.45) is 4.13. The van der Waals surface area contributed by atoms with Crippen molar-refractivity contribution in [3.05, 3.63) is 59.4 Å². The molecule has 0 fully saturated rings. The Morgan fingerprint density at radius 2 is 1.81 bits per heavy atom. The third kappa shape index (κ3) is 2.63. The summed E-state index contributed by atoms with van der Waals surface area (Å²) in [6, 6.07) is 9.34. The number of rotatable bonds is 3. The van der Waals surface area contributed by atoms with Crippen molar-refractivity contribution >= 4 is 17.6 Å². The van der Waals surface area contributed by atoms with E-state index in [1.165, 1.54) is 29.6 Å². The van der Waals surface area contributed by atoms with Gasteiger partial charge in [0, 0.05) is 12.1 Å². The van der Waals surface area contributed by atoms with Gasteiger partial charge in [-0.15, -0.1) is 0 Å². The van der Waals surface area contributed by atoms with Gasteiger partial charge in [0.05, 0.1) is 17.4 Å². The summed E-state index contributed by atoms with van der Waals surface area (Å²) < 4.78 is 0. The van der Waals surface area contributed by atoms with Crippen molar-refractivity contribution in [1.82, 2.24) is 4.98 Å². The lowest BCUT2D eigenvalue weighted by Gasteiger charge is -2.11. The quantitative estimate of drug-likeness (QED) is 0.904. The van der Waals surface area contributed by atoms with Gasteiger partial charge in [0.1, 0.15) is 0 Å². The number of nitrogens with zero attached hydrogens (tertiary/aromatic N) is 1. The Hall–Kier alpha value is -2.69. The van der Waals surface area contributed by atoms with Crippen LogP contribution in [0.5, 0.6) is 0 Å². The minimum absolute atomic E-state index is 0.0499. The number of hydrogen-bond donors (Lipinski definition) is 2. The Kier molecular flexibility index (Phi) is 3.39. The Balaban J connectivity index is 1.76. The number of fused-ring (bicyclic) bond motifs is 1. The molecule has 0 saturated heterocycles. The van der Waals surface area contributed by atoms with Crippen LogP contribution in [0.15, 0.2) is 42.7 Å². The monoisotopic (exact) mass is 282 g/mol. The zero-order chi connectivity index (χ0) is 14.8. The third-order valence-electron chi connectivity index (χ3n) is 3.73. The number of nitrogens with one attached hydrogen (secondary N) is 1. The van der Waals surface area contributed by atoms with Crippen molar-refractivity contribution in [2.75, 3.05) is 5.32 Å². The van der Waals surface area contributed by atoms with E-state index in [1.54, 1.807) is 0 Å². The fraction of sp³-hybridized carbons (Fsp3) is 0.188. The van der Waals surface area contributed by atoms with Crippen LogP contribution in [-0.4, -0.2) is 22.0 Å². The van der Waals surface area contributed by atoms with Gasteiger partial charge in [0.25, 0.3) is 0 Å². The molecule has 1 aromatic carbocycles. The van der Waals surface area contributed by atoms with E-state index in [9.17, 15) is 9.59 Å². The Bertz CT molecular complexity index is 687. The molecule has 1 heterocycles. The predicted octanol–water partition coefficient (Wildman–Crippen LogP) is 2.13. The van der Waals surface area contributed by atoms with Crippen molar-refractivity contribution in [1.29, 1.82) is 0 Å². The van der Waals surface area contributed by atoms with Crippen LogP contribution in [0.25, 0.3) is 0 Å². The highest BCUT2D eigenvalue weighted by Crippen LogP contribution is 2.27. The summed E-state index contributed by atoms with van der Waals surface area (Å²) in [5.74, 6) is -1.41. The molecular formula is C16H14N2O3. The van der Waals surface area contributed by atoms with Gasteiger partial charge in [-0.05, 0) is 30.0 Å². The first-order valence-electron chi connectivity index (χ1n) is 6.70. The molecule has 0 aliphatic heterocycles. The number of aromatic nitrogens is 1. The molecule has 5 heteroatoms. The molecule has 3 rings (SSSR count). The molecule has 0 unspecified atom stereocenters. The van der Waals surface area contributed by atoms with Gasteiger partial charge >= 0.3 is 5.97 Å². The maximum Gasteiger partial charge on any atom is 0.337 e. The van der Waals surface area contributed by atoms with Crippen LogP contribution >= 0.6 is 0 Å². The van der Waals surface area contributed by atoms with Crippen LogP contribution in [0.4, 0.5) is 5.69 Å². The number of hydrogen-bond acceptors (Lipinski definition) is 3. The highest BCUT2D eigenvalue weighted by Gasteiger charge is 2.27. The number of pyridine rings is 1. The first-order valence-corrected chi connectivity index (χ1v) is 6.70. The molecule has 0 atom stereocenters. The summed E-state index contributed by atoms with van der Waals surface area (Å²) in [7, 11) is 0. The number of anilines is 1. The second kappa shape index (κ2) is 5.36. The van der Waals surface area contributed by atoms with Crippen molar-refractivity contribution < 1.29 is 14.7 Å². The van der Waals surface area contributed by atoms with Gasteiger partial charge in [-0.25, -0.2) is 4.79 Å². The minimum atomic E-state index is -1.08.